The molecule has 0 spiro atoms. The zero-order chi connectivity index (χ0) is 10.6. The van der Waals surface area contributed by atoms with Crippen LogP contribution >= 0.6 is 0 Å². The molecule has 3 heteroatoms. The number of carbonyl (C=O) groups excluding carboxylic acids is 1. The molecule has 0 radical (unpaired) electrons. The molecule has 1 fully saturated rings. The molecule has 0 bridgehead atoms. The van der Waals surface area contributed by atoms with Crippen molar-refractivity contribution in [1.82, 2.24) is 0 Å². The first-order chi connectivity index (χ1) is 6.55. The summed E-state index contributed by atoms with van der Waals surface area (Å²) >= 11 is 0. The van der Waals surface area contributed by atoms with Crippen LogP contribution in [0.25, 0.3) is 0 Å². The van der Waals surface area contributed by atoms with Crippen LogP contribution < -0.4 is 0 Å². The minimum Gasteiger partial charge on any atom is -0.244 e. The van der Waals surface area contributed by atoms with E-state index in [-0.39, 0.29) is 11.8 Å². The Morgan fingerprint density at radius 1 is 1.43 bits per heavy atom. The van der Waals surface area contributed by atoms with E-state index in [1.165, 1.54) is 6.08 Å². The molecule has 0 N–H and O–H groups in total. The highest BCUT2D eigenvalue weighted by atomic mass is 19.1. The Morgan fingerprint density at radius 3 is 2.64 bits per heavy atom. The van der Waals surface area contributed by atoms with Gasteiger partial charge < -0.3 is 0 Å². The van der Waals surface area contributed by atoms with Crippen molar-refractivity contribution in [3.8, 4) is 0 Å². The van der Waals surface area contributed by atoms with Gasteiger partial charge >= 0.3 is 0 Å². The first kappa shape index (κ1) is 11.4. The Morgan fingerprint density at radius 2 is 2.07 bits per heavy atom. The van der Waals surface area contributed by atoms with E-state index < -0.39 is 5.67 Å². The lowest BCUT2D eigenvalue weighted by Crippen LogP contribution is -2.36. The van der Waals surface area contributed by atoms with Gasteiger partial charge in [-0.1, -0.05) is 12.8 Å². The molecule has 1 aliphatic rings. The summed E-state index contributed by atoms with van der Waals surface area (Å²) in [5, 5.41) is 0. The molecule has 0 aromatic heterocycles. The van der Waals surface area contributed by atoms with Crippen molar-refractivity contribution >= 4 is 6.08 Å². The van der Waals surface area contributed by atoms with Gasteiger partial charge in [0.25, 0.3) is 0 Å². The molecule has 80 valence electrons. The lowest BCUT2D eigenvalue weighted by atomic mass is 9.72. The fourth-order valence-corrected chi connectivity index (χ4v) is 2.48. The number of rotatable bonds is 3. The van der Waals surface area contributed by atoms with E-state index in [0.29, 0.717) is 6.54 Å². The molecule has 0 aliphatic heterocycles. The van der Waals surface area contributed by atoms with Gasteiger partial charge in [-0.15, -0.1) is 0 Å². The van der Waals surface area contributed by atoms with Crippen molar-refractivity contribution < 1.29 is 9.18 Å². The third-order valence-electron chi connectivity index (χ3n) is 3.18. The Balaban J connectivity index is 2.63. The summed E-state index contributed by atoms with van der Waals surface area (Å²) in [4.78, 5) is 13.6. The highest BCUT2D eigenvalue weighted by Gasteiger charge is 2.36. The third-order valence-corrected chi connectivity index (χ3v) is 3.18. The Bertz CT molecular complexity index is 228. The average Bonchev–Trinajstić information content (AvgIpc) is 2.14. The lowest BCUT2D eigenvalue weighted by molar-refractivity contribution is 0.0526. The number of halogens is 1. The van der Waals surface area contributed by atoms with Crippen molar-refractivity contribution in [3.05, 3.63) is 0 Å². The summed E-state index contributed by atoms with van der Waals surface area (Å²) in [6.07, 6.45) is 5.68. The molecular weight excluding hydrogens is 181 g/mol. The Labute approximate surface area is 84.6 Å². The number of aliphatic imine (C=N–C) groups is 1. The van der Waals surface area contributed by atoms with Gasteiger partial charge in [0.15, 0.2) is 0 Å². The maximum absolute atomic E-state index is 13.8. The normalized spacial score (nSPS) is 28.2. The van der Waals surface area contributed by atoms with Gasteiger partial charge in [-0.25, -0.2) is 14.2 Å². The van der Waals surface area contributed by atoms with Gasteiger partial charge in [0.2, 0.25) is 6.08 Å². The second-order valence-electron chi connectivity index (χ2n) is 4.65. The minimum atomic E-state index is -1.15. The van der Waals surface area contributed by atoms with Gasteiger partial charge in [-0.2, -0.15) is 0 Å². The summed E-state index contributed by atoms with van der Waals surface area (Å²) in [5.74, 6) is 0.276. The summed E-state index contributed by atoms with van der Waals surface area (Å²) < 4.78 is 13.8. The van der Waals surface area contributed by atoms with Crippen LogP contribution in [0, 0.1) is 11.8 Å². The second-order valence-corrected chi connectivity index (χ2v) is 4.65. The second kappa shape index (κ2) is 4.70. The first-order valence-electron chi connectivity index (χ1n) is 5.28. The van der Waals surface area contributed by atoms with Crippen molar-refractivity contribution in [1.29, 1.82) is 0 Å². The smallest absolute Gasteiger partial charge is 0.234 e. The summed E-state index contributed by atoms with van der Waals surface area (Å²) in [5.41, 5.74) is -1.15. The Hall–Kier alpha value is -0.690. The van der Waals surface area contributed by atoms with E-state index in [1.54, 1.807) is 13.8 Å². The molecule has 0 amide bonds. The van der Waals surface area contributed by atoms with E-state index in [9.17, 15) is 9.18 Å². The van der Waals surface area contributed by atoms with Crippen LogP contribution in [0.4, 0.5) is 4.39 Å². The van der Waals surface area contributed by atoms with E-state index in [0.717, 1.165) is 25.7 Å². The number of hydrogen-bond acceptors (Lipinski definition) is 2. The molecular formula is C11H18FNO. The number of alkyl halides is 1. The molecule has 0 saturated heterocycles. The predicted octanol–water partition coefficient (Wildman–Crippen LogP) is 2.88. The van der Waals surface area contributed by atoms with Crippen LogP contribution in [0.2, 0.25) is 0 Å². The maximum atomic E-state index is 13.8. The molecule has 0 aromatic rings. The van der Waals surface area contributed by atoms with Gasteiger partial charge in [-0.05, 0) is 38.5 Å². The molecule has 1 saturated carbocycles. The fraction of sp³-hybridized carbons (Fsp3) is 0.909. The van der Waals surface area contributed by atoms with Crippen LogP contribution in [0.5, 0.6) is 0 Å². The van der Waals surface area contributed by atoms with Crippen molar-refractivity contribution in [2.24, 2.45) is 16.8 Å². The molecule has 2 unspecified atom stereocenters. The highest BCUT2D eigenvalue weighted by Crippen LogP contribution is 2.39. The molecule has 14 heavy (non-hydrogen) atoms. The van der Waals surface area contributed by atoms with Gasteiger partial charge in [0, 0.05) is 0 Å². The molecule has 2 atom stereocenters. The number of nitrogens with zero attached hydrogens (tertiary/aromatic N) is 1. The summed E-state index contributed by atoms with van der Waals surface area (Å²) in [6, 6.07) is 0. The standard InChI is InChI=1S/C11H18FNO/c1-11(2,12)10-6-4-3-5-9(10)7-13-8-14/h9-10H,3-7H2,1-2H3. The van der Waals surface area contributed by atoms with Crippen LogP contribution in [0.3, 0.4) is 0 Å². The first-order valence-corrected chi connectivity index (χ1v) is 5.28. The highest BCUT2D eigenvalue weighted by molar-refractivity contribution is 5.32. The SMILES string of the molecule is CC(C)(F)C1CCCCC1CN=C=O. The molecule has 0 heterocycles. The van der Waals surface area contributed by atoms with Gasteiger partial charge in [0.05, 0.1) is 6.54 Å². The topological polar surface area (TPSA) is 29.4 Å². The lowest BCUT2D eigenvalue weighted by Gasteiger charge is -2.36. The predicted molar refractivity (Wildman–Crippen MR) is 53.6 cm³/mol. The third kappa shape index (κ3) is 2.91. The van der Waals surface area contributed by atoms with Crippen molar-refractivity contribution in [2.45, 2.75) is 45.2 Å². The monoisotopic (exact) mass is 199 g/mol. The number of isocyanates is 1. The zero-order valence-corrected chi connectivity index (χ0v) is 8.92. The average molecular weight is 199 g/mol. The van der Waals surface area contributed by atoms with Crippen molar-refractivity contribution in [2.75, 3.05) is 6.54 Å². The largest absolute Gasteiger partial charge is 0.244 e. The van der Waals surface area contributed by atoms with Gasteiger partial charge in [-0.3, -0.25) is 0 Å². The fourth-order valence-electron chi connectivity index (χ4n) is 2.48. The van der Waals surface area contributed by atoms with Gasteiger partial charge in [0.1, 0.15) is 5.67 Å². The molecule has 1 rings (SSSR count). The minimum absolute atomic E-state index is 0.0494. The quantitative estimate of drug-likeness (QED) is 0.507. The molecule has 0 aromatic carbocycles. The van der Waals surface area contributed by atoms with Crippen molar-refractivity contribution in [3.63, 3.8) is 0 Å². The molecule has 1 aliphatic carbocycles. The molecule has 2 nitrogen and oxygen atoms in total. The maximum Gasteiger partial charge on any atom is 0.234 e. The Kier molecular flexibility index (Phi) is 3.82. The van der Waals surface area contributed by atoms with E-state index in [2.05, 4.69) is 4.99 Å². The van der Waals surface area contributed by atoms with Crippen LogP contribution in [-0.2, 0) is 4.79 Å². The van der Waals surface area contributed by atoms with E-state index in [1.807, 2.05) is 0 Å². The summed E-state index contributed by atoms with van der Waals surface area (Å²) in [7, 11) is 0. The number of hydrogen-bond donors (Lipinski definition) is 0. The zero-order valence-electron chi connectivity index (χ0n) is 8.92. The van der Waals surface area contributed by atoms with Crippen LogP contribution in [0.1, 0.15) is 39.5 Å². The van der Waals surface area contributed by atoms with Crippen LogP contribution in [0.15, 0.2) is 4.99 Å². The summed E-state index contributed by atoms with van der Waals surface area (Å²) in [6.45, 7) is 3.70. The van der Waals surface area contributed by atoms with Crippen LogP contribution in [-0.4, -0.2) is 18.3 Å². The van der Waals surface area contributed by atoms with E-state index >= 15 is 0 Å². The van der Waals surface area contributed by atoms with E-state index in [4.69, 9.17) is 0 Å².